The van der Waals surface area contributed by atoms with Crippen LogP contribution in [0, 0.1) is 17.2 Å². The molecule has 0 saturated heterocycles. The Bertz CT molecular complexity index is 1360. The smallest absolute Gasteiger partial charge is 0.337 e. The van der Waals surface area contributed by atoms with Crippen LogP contribution in [0.2, 0.25) is 0 Å². The monoisotopic (exact) mass is 515 g/mol. The number of esters is 1. The lowest BCUT2D eigenvalue weighted by Gasteiger charge is -2.29. The third-order valence-electron chi connectivity index (χ3n) is 5.62. The molecular formula is C28H25N3O5S. The fourth-order valence-electron chi connectivity index (χ4n) is 4.01. The summed E-state index contributed by atoms with van der Waals surface area (Å²) in [5.41, 5.74) is 1.93. The van der Waals surface area contributed by atoms with Crippen molar-refractivity contribution in [1.82, 2.24) is 0 Å². The minimum atomic E-state index is -0.854. The van der Waals surface area contributed by atoms with E-state index < -0.39 is 17.8 Å². The second-order valence-corrected chi connectivity index (χ2v) is 8.96. The molecule has 1 aliphatic heterocycles. The molecule has 0 aliphatic carbocycles. The number of nitrogens with one attached hydrogen (secondary N) is 1. The van der Waals surface area contributed by atoms with Crippen LogP contribution < -0.4 is 10.1 Å². The van der Waals surface area contributed by atoms with E-state index in [4.69, 9.17) is 18.9 Å². The van der Waals surface area contributed by atoms with E-state index in [0.717, 1.165) is 11.8 Å². The molecule has 0 spiro atoms. The van der Waals surface area contributed by atoms with Crippen LogP contribution >= 0.6 is 11.8 Å². The van der Waals surface area contributed by atoms with E-state index in [0.29, 0.717) is 33.5 Å². The van der Waals surface area contributed by atoms with Crippen molar-refractivity contribution in [3.63, 3.8) is 0 Å². The van der Waals surface area contributed by atoms with Gasteiger partial charge in [0, 0.05) is 17.3 Å². The maximum absolute atomic E-state index is 13.2. The highest BCUT2D eigenvalue weighted by Crippen LogP contribution is 2.44. The molecule has 1 aliphatic rings. The standard InChI is InChI=1S/C28H25N3O5S/c1-3-35-28(33)25-24(22-13-8-14-36-22)21(16-29)27(31-26(25)18-9-5-4-6-10-18)37-17-23(32)30-19-11-7-12-20(15-19)34-2/h4-15,21,24H,3,17H2,1-2H3,(H,30,32). The van der Waals surface area contributed by atoms with Crippen LogP contribution in [0.5, 0.6) is 5.75 Å². The summed E-state index contributed by atoms with van der Waals surface area (Å²) in [6.45, 7) is 1.89. The third kappa shape index (κ3) is 5.93. The lowest BCUT2D eigenvalue weighted by Crippen LogP contribution is -2.30. The van der Waals surface area contributed by atoms with Gasteiger partial charge in [-0.2, -0.15) is 5.26 Å². The molecule has 3 aromatic rings. The molecule has 8 nitrogen and oxygen atoms in total. The summed E-state index contributed by atoms with van der Waals surface area (Å²) in [5, 5.41) is 13.4. The maximum Gasteiger partial charge on any atom is 0.337 e. The van der Waals surface area contributed by atoms with Crippen molar-refractivity contribution in [1.29, 1.82) is 5.26 Å². The van der Waals surface area contributed by atoms with Crippen molar-refractivity contribution in [2.24, 2.45) is 10.9 Å². The van der Waals surface area contributed by atoms with E-state index in [1.165, 1.54) is 6.26 Å². The number of methoxy groups -OCH3 is 1. The van der Waals surface area contributed by atoms with Gasteiger partial charge in [0.1, 0.15) is 17.4 Å². The number of furan rings is 1. The fourth-order valence-corrected chi connectivity index (χ4v) is 4.88. The van der Waals surface area contributed by atoms with Crippen LogP contribution in [-0.2, 0) is 14.3 Å². The molecule has 0 saturated carbocycles. The number of thioether (sulfide) groups is 1. The van der Waals surface area contributed by atoms with Crippen LogP contribution in [0.15, 0.2) is 88.0 Å². The van der Waals surface area contributed by atoms with Crippen LogP contribution in [0.3, 0.4) is 0 Å². The van der Waals surface area contributed by atoms with Gasteiger partial charge in [-0.05, 0) is 31.2 Å². The van der Waals surface area contributed by atoms with Gasteiger partial charge in [0.2, 0.25) is 5.91 Å². The van der Waals surface area contributed by atoms with Gasteiger partial charge in [0.05, 0.1) is 54.0 Å². The molecule has 0 fully saturated rings. The summed E-state index contributed by atoms with van der Waals surface area (Å²) in [6, 6.07) is 22.0. The van der Waals surface area contributed by atoms with E-state index in [-0.39, 0.29) is 23.8 Å². The Morgan fingerprint density at radius 2 is 1.95 bits per heavy atom. The minimum Gasteiger partial charge on any atom is -0.497 e. The molecule has 0 radical (unpaired) electrons. The summed E-state index contributed by atoms with van der Waals surface area (Å²) in [6.07, 6.45) is 1.49. The van der Waals surface area contributed by atoms with Gasteiger partial charge in [-0.25, -0.2) is 9.79 Å². The van der Waals surface area contributed by atoms with Gasteiger partial charge in [0.15, 0.2) is 0 Å². The Morgan fingerprint density at radius 1 is 1.14 bits per heavy atom. The van der Waals surface area contributed by atoms with Crippen LogP contribution in [-0.4, -0.2) is 36.4 Å². The number of amides is 1. The normalized spacial score (nSPS) is 16.9. The second kappa shape index (κ2) is 12.1. The third-order valence-corrected chi connectivity index (χ3v) is 6.67. The summed E-state index contributed by atoms with van der Waals surface area (Å²) in [5.74, 6) is -1.37. The van der Waals surface area contributed by atoms with E-state index >= 15 is 0 Å². The van der Waals surface area contributed by atoms with Crippen molar-refractivity contribution < 1.29 is 23.5 Å². The van der Waals surface area contributed by atoms with Gasteiger partial charge < -0.3 is 19.2 Å². The van der Waals surface area contributed by atoms with E-state index in [2.05, 4.69) is 11.4 Å². The van der Waals surface area contributed by atoms with E-state index in [1.807, 2.05) is 30.3 Å². The highest BCUT2D eigenvalue weighted by molar-refractivity contribution is 8.14. The summed E-state index contributed by atoms with van der Waals surface area (Å²) in [7, 11) is 1.55. The Balaban J connectivity index is 1.71. The second-order valence-electron chi connectivity index (χ2n) is 7.97. The minimum absolute atomic E-state index is 0.00983. The first-order chi connectivity index (χ1) is 18.0. The highest BCUT2D eigenvalue weighted by atomic mass is 32.2. The summed E-state index contributed by atoms with van der Waals surface area (Å²) >= 11 is 1.15. The molecule has 1 amide bonds. The number of benzene rings is 2. The molecule has 2 atom stereocenters. The average molecular weight is 516 g/mol. The molecule has 0 bridgehead atoms. The Morgan fingerprint density at radius 3 is 2.62 bits per heavy atom. The number of aliphatic imine (C=N–C) groups is 1. The molecule has 2 heterocycles. The number of rotatable bonds is 8. The van der Waals surface area contributed by atoms with Crippen molar-refractivity contribution >= 4 is 40.1 Å². The molecule has 4 rings (SSSR count). The van der Waals surface area contributed by atoms with Crippen molar-refractivity contribution in [2.45, 2.75) is 12.8 Å². The number of ether oxygens (including phenoxy) is 2. The van der Waals surface area contributed by atoms with Gasteiger partial charge in [-0.1, -0.05) is 48.2 Å². The first kappa shape index (κ1) is 25.8. The topological polar surface area (TPSA) is 114 Å². The molecule has 1 aromatic heterocycles. The van der Waals surface area contributed by atoms with Crippen molar-refractivity contribution in [3.05, 3.63) is 89.9 Å². The van der Waals surface area contributed by atoms with Crippen LogP contribution in [0.25, 0.3) is 5.70 Å². The van der Waals surface area contributed by atoms with E-state index in [1.54, 1.807) is 50.4 Å². The largest absolute Gasteiger partial charge is 0.497 e. The number of hydrogen-bond donors (Lipinski definition) is 1. The predicted octanol–water partition coefficient (Wildman–Crippen LogP) is 5.27. The number of carbonyl (C=O) groups is 2. The van der Waals surface area contributed by atoms with E-state index in [9.17, 15) is 14.9 Å². The lowest BCUT2D eigenvalue weighted by molar-refractivity contribution is -0.138. The van der Waals surface area contributed by atoms with Crippen LogP contribution in [0.1, 0.15) is 24.2 Å². The Kier molecular flexibility index (Phi) is 8.44. The molecule has 9 heteroatoms. The zero-order valence-corrected chi connectivity index (χ0v) is 21.2. The molecule has 2 unspecified atom stereocenters. The zero-order chi connectivity index (χ0) is 26.2. The van der Waals surface area contributed by atoms with Gasteiger partial charge in [-0.3, -0.25) is 4.79 Å². The number of nitriles is 1. The molecule has 1 N–H and O–H groups in total. The van der Waals surface area contributed by atoms with Gasteiger partial charge in [-0.15, -0.1) is 0 Å². The number of nitrogens with zero attached hydrogens (tertiary/aromatic N) is 2. The summed E-state index contributed by atoms with van der Waals surface area (Å²) < 4.78 is 16.3. The molecule has 188 valence electrons. The number of anilines is 1. The average Bonchev–Trinajstić information content (AvgIpc) is 3.46. The highest BCUT2D eigenvalue weighted by Gasteiger charge is 2.42. The lowest BCUT2D eigenvalue weighted by atomic mass is 9.81. The maximum atomic E-state index is 13.2. The van der Waals surface area contributed by atoms with Gasteiger partial charge in [0.25, 0.3) is 0 Å². The first-order valence-corrected chi connectivity index (χ1v) is 12.6. The zero-order valence-electron chi connectivity index (χ0n) is 20.3. The number of carbonyl (C=O) groups excluding carboxylic acids is 2. The summed E-state index contributed by atoms with van der Waals surface area (Å²) in [4.78, 5) is 30.7. The quantitative estimate of drug-likeness (QED) is 0.407. The molecular weight excluding hydrogens is 490 g/mol. The fraction of sp³-hybridized carbons (Fsp3) is 0.214. The molecule has 2 aromatic carbocycles. The SMILES string of the molecule is CCOC(=O)C1=C(c2ccccc2)N=C(SCC(=O)Nc2cccc(OC)c2)C(C#N)C1c1ccco1. The van der Waals surface area contributed by atoms with Gasteiger partial charge >= 0.3 is 5.97 Å². The predicted molar refractivity (Wildman–Crippen MR) is 142 cm³/mol. The Hall–Kier alpha value is -4.29. The van der Waals surface area contributed by atoms with Crippen LogP contribution in [0.4, 0.5) is 5.69 Å². The van der Waals surface area contributed by atoms with Crippen molar-refractivity contribution in [2.75, 3.05) is 24.8 Å². The Labute approximate surface area is 219 Å². The first-order valence-electron chi connectivity index (χ1n) is 11.6. The van der Waals surface area contributed by atoms with Crippen molar-refractivity contribution in [3.8, 4) is 11.8 Å². The number of hydrogen-bond acceptors (Lipinski definition) is 8. The molecule has 37 heavy (non-hydrogen) atoms.